The molecule has 108 valence electrons. The van der Waals surface area contributed by atoms with Gasteiger partial charge in [-0.3, -0.25) is 0 Å². The van der Waals surface area contributed by atoms with Crippen LogP contribution in [0.1, 0.15) is 96.3 Å². The average Bonchev–Trinajstić information content (AvgIpc) is 2.60. The van der Waals surface area contributed by atoms with Crippen LogP contribution in [0.4, 0.5) is 0 Å². The highest BCUT2D eigenvalue weighted by Crippen LogP contribution is 2.39. The minimum absolute atomic E-state index is 0.504. The summed E-state index contributed by atoms with van der Waals surface area (Å²) in [5, 5.41) is 0. The molecule has 0 saturated heterocycles. The second kappa shape index (κ2) is 9.08. The summed E-state index contributed by atoms with van der Waals surface area (Å²) >= 11 is 0. The Bertz CT molecular complexity index is 216. The van der Waals surface area contributed by atoms with E-state index in [1.54, 1.807) is 0 Å². The quantitative estimate of drug-likeness (QED) is 0.503. The van der Waals surface area contributed by atoms with Crippen LogP contribution in [0.15, 0.2) is 0 Å². The van der Waals surface area contributed by atoms with E-state index >= 15 is 0 Å². The maximum Gasteiger partial charge on any atom is 0.0703 e. The molecule has 0 aromatic rings. The molecule has 2 rings (SSSR count). The third-order valence-corrected chi connectivity index (χ3v) is 5.63. The summed E-state index contributed by atoms with van der Waals surface area (Å²) in [6.07, 6.45) is 21.6. The highest BCUT2D eigenvalue weighted by molar-refractivity contribution is 6.11. The summed E-state index contributed by atoms with van der Waals surface area (Å²) in [6, 6.07) is 0. The van der Waals surface area contributed by atoms with Gasteiger partial charge in [-0.05, 0) is 11.8 Å². The summed E-state index contributed by atoms with van der Waals surface area (Å²) < 4.78 is 0. The van der Waals surface area contributed by atoms with Crippen LogP contribution in [0.3, 0.4) is 0 Å². The zero-order valence-corrected chi connectivity index (χ0v) is 12.9. The fraction of sp³-hybridized carbons (Fsp3) is 1.00. The maximum absolute atomic E-state index is 6.58. The predicted octanol–water partition coefficient (Wildman–Crippen LogP) is 6.05. The van der Waals surface area contributed by atoms with Gasteiger partial charge in [0.2, 0.25) is 0 Å². The van der Waals surface area contributed by atoms with Crippen LogP contribution in [-0.2, 0) is 0 Å². The molecule has 0 nitrogen and oxygen atoms in total. The van der Waals surface area contributed by atoms with E-state index in [0.717, 1.165) is 11.8 Å². The molecule has 2 saturated carbocycles. The van der Waals surface area contributed by atoms with Gasteiger partial charge in [0.05, 0.1) is 7.85 Å². The molecule has 2 unspecified atom stereocenters. The zero-order valence-electron chi connectivity index (χ0n) is 12.9. The molecule has 2 aliphatic rings. The summed E-state index contributed by atoms with van der Waals surface area (Å²) in [6.45, 7) is 0. The summed E-state index contributed by atoms with van der Waals surface area (Å²) in [7, 11) is 6.58. The summed E-state index contributed by atoms with van der Waals surface area (Å²) in [5.74, 6) is 2.30. The molecule has 0 bridgehead atoms. The Kier molecular flexibility index (Phi) is 7.39. The highest BCUT2D eigenvalue weighted by Gasteiger charge is 2.26. The Hall–Kier alpha value is 0.0649. The Labute approximate surface area is 122 Å². The third-order valence-electron chi connectivity index (χ3n) is 5.63. The van der Waals surface area contributed by atoms with Crippen molar-refractivity contribution < 1.29 is 0 Å². The molecular formula is C18H33B. The molecule has 0 amide bonds. The van der Waals surface area contributed by atoms with Crippen molar-refractivity contribution in [3.05, 3.63) is 0 Å². The van der Waals surface area contributed by atoms with Crippen LogP contribution in [0, 0.1) is 11.8 Å². The molecule has 1 heteroatoms. The van der Waals surface area contributed by atoms with Crippen molar-refractivity contribution in [2.45, 2.75) is 102 Å². The van der Waals surface area contributed by atoms with Gasteiger partial charge in [-0.1, -0.05) is 102 Å². The van der Waals surface area contributed by atoms with Crippen molar-refractivity contribution in [1.29, 1.82) is 0 Å². The molecule has 19 heavy (non-hydrogen) atoms. The molecule has 0 heterocycles. The van der Waals surface area contributed by atoms with E-state index in [1.807, 2.05) is 0 Å². The van der Waals surface area contributed by atoms with Crippen molar-refractivity contribution in [3.8, 4) is 0 Å². The van der Waals surface area contributed by atoms with Crippen LogP contribution in [0.25, 0.3) is 0 Å². The minimum atomic E-state index is 0.504. The Morgan fingerprint density at radius 1 is 0.474 bits per heavy atom. The van der Waals surface area contributed by atoms with E-state index in [9.17, 15) is 0 Å². The lowest BCUT2D eigenvalue weighted by Crippen LogP contribution is -2.21. The number of rotatable bonds is 1. The Morgan fingerprint density at radius 3 is 1.47 bits per heavy atom. The third kappa shape index (κ3) is 5.52. The lowest BCUT2D eigenvalue weighted by molar-refractivity contribution is 0.248. The van der Waals surface area contributed by atoms with Crippen molar-refractivity contribution >= 4 is 7.85 Å². The second-order valence-corrected chi connectivity index (χ2v) is 7.13. The monoisotopic (exact) mass is 260 g/mol. The van der Waals surface area contributed by atoms with Gasteiger partial charge in [0, 0.05) is 0 Å². The van der Waals surface area contributed by atoms with Gasteiger partial charge in [0.25, 0.3) is 0 Å². The van der Waals surface area contributed by atoms with Crippen LogP contribution >= 0.6 is 0 Å². The van der Waals surface area contributed by atoms with E-state index in [4.69, 9.17) is 7.85 Å². The van der Waals surface area contributed by atoms with E-state index in [0.29, 0.717) is 5.82 Å². The lowest BCUT2D eigenvalue weighted by Gasteiger charge is -2.32. The largest absolute Gasteiger partial charge is 0.0743 e. The van der Waals surface area contributed by atoms with E-state index in [-0.39, 0.29) is 0 Å². The first kappa shape index (κ1) is 15.5. The van der Waals surface area contributed by atoms with Gasteiger partial charge in [-0.2, -0.15) is 0 Å². The smallest absolute Gasteiger partial charge is 0.0703 e. The molecule has 0 spiro atoms. The molecule has 2 fully saturated rings. The molecule has 0 N–H and O–H groups in total. The van der Waals surface area contributed by atoms with Gasteiger partial charge in [0.15, 0.2) is 0 Å². The van der Waals surface area contributed by atoms with Gasteiger partial charge in [-0.15, -0.1) is 0 Å². The molecule has 2 atom stereocenters. The molecule has 2 radical (unpaired) electrons. The van der Waals surface area contributed by atoms with E-state index in [1.165, 1.54) is 96.3 Å². The van der Waals surface area contributed by atoms with Crippen LogP contribution < -0.4 is 0 Å². The second-order valence-electron chi connectivity index (χ2n) is 7.13. The zero-order chi connectivity index (χ0) is 13.3. The molecule has 0 aromatic heterocycles. The topological polar surface area (TPSA) is 0 Å². The molecule has 0 aromatic carbocycles. The first-order valence-corrected chi connectivity index (χ1v) is 9.13. The Morgan fingerprint density at radius 2 is 0.895 bits per heavy atom. The van der Waals surface area contributed by atoms with Crippen LogP contribution in [0.5, 0.6) is 0 Å². The van der Waals surface area contributed by atoms with E-state index < -0.39 is 0 Å². The maximum atomic E-state index is 6.58. The molecule has 0 aliphatic heterocycles. The van der Waals surface area contributed by atoms with Gasteiger partial charge >= 0.3 is 0 Å². The molecular weight excluding hydrogens is 227 g/mol. The lowest BCUT2D eigenvalue weighted by atomic mass is 9.65. The van der Waals surface area contributed by atoms with Gasteiger partial charge in [0.1, 0.15) is 0 Å². The summed E-state index contributed by atoms with van der Waals surface area (Å²) in [5.41, 5.74) is 0. The van der Waals surface area contributed by atoms with Crippen LogP contribution in [0.2, 0.25) is 5.82 Å². The van der Waals surface area contributed by atoms with Crippen molar-refractivity contribution in [1.82, 2.24) is 0 Å². The van der Waals surface area contributed by atoms with Crippen molar-refractivity contribution in [3.63, 3.8) is 0 Å². The number of hydrogen-bond acceptors (Lipinski definition) is 0. The van der Waals surface area contributed by atoms with E-state index in [2.05, 4.69) is 0 Å². The first-order chi connectivity index (χ1) is 9.38. The average molecular weight is 260 g/mol. The standard InChI is InChI=1S/C18H33B/c19-18-15-11-7-3-6-10-14-17(18)16-12-8-4-1-2-5-9-13-16/h16-18H,1-15H2. The summed E-state index contributed by atoms with van der Waals surface area (Å²) in [4.78, 5) is 0. The number of hydrogen-bond donors (Lipinski definition) is 0. The molecule has 2 aliphatic carbocycles. The van der Waals surface area contributed by atoms with Gasteiger partial charge in [-0.25, -0.2) is 0 Å². The first-order valence-electron chi connectivity index (χ1n) is 9.13. The minimum Gasteiger partial charge on any atom is -0.0743 e. The van der Waals surface area contributed by atoms with Crippen molar-refractivity contribution in [2.24, 2.45) is 11.8 Å². The van der Waals surface area contributed by atoms with Crippen LogP contribution in [-0.4, -0.2) is 7.85 Å². The van der Waals surface area contributed by atoms with Gasteiger partial charge < -0.3 is 0 Å². The Balaban J connectivity index is 1.92. The fourth-order valence-corrected chi connectivity index (χ4v) is 4.40. The fourth-order valence-electron chi connectivity index (χ4n) is 4.40. The highest BCUT2D eigenvalue weighted by atomic mass is 14.3. The SMILES string of the molecule is [B]C1CCCCCCCC1C1CCCCCCCC1. The van der Waals surface area contributed by atoms with Crippen molar-refractivity contribution in [2.75, 3.05) is 0 Å². The predicted molar refractivity (Wildman–Crippen MR) is 85.7 cm³/mol. The normalized spacial score (nSPS) is 33.3.